The molecule has 1 fully saturated rings. The predicted molar refractivity (Wildman–Crippen MR) is 135 cm³/mol. The van der Waals surface area contributed by atoms with Crippen LogP contribution in [0.1, 0.15) is 5.56 Å². The molecule has 3 amide bonds. The van der Waals surface area contributed by atoms with Crippen molar-refractivity contribution in [3.63, 3.8) is 0 Å². The Kier molecular flexibility index (Phi) is 8.22. The molecule has 0 bridgehead atoms. The number of thioether (sulfide) groups is 1. The molecule has 7 nitrogen and oxygen atoms in total. The predicted octanol–water partition coefficient (Wildman–Crippen LogP) is 4.75. The zero-order valence-electron chi connectivity index (χ0n) is 16.7. The van der Waals surface area contributed by atoms with Crippen molar-refractivity contribution in [3.8, 4) is 23.8 Å². The smallest absolute Gasteiger partial charge is 0.294 e. The monoisotopic (exact) mass is 626 g/mol. The van der Waals surface area contributed by atoms with Gasteiger partial charge in [0.05, 0.1) is 12.0 Å². The Bertz CT molecular complexity index is 1140. The van der Waals surface area contributed by atoms with Crippen molar-refractivity contribution in [1.29, 1.82) is 0 Å². The number of terminal acetylenes is 1. The van der Waals surface area contributed by atoms with Crippen LogP contribution in [-0.2, 0) is 9.59 Å². The molecule has 0 saturated carbocycles. The number of hydrogen-bond donors (Lipinski definition) is 1. The molecule has 0 unspecified atom stereocenters. The first kappa shape index (κ1) is 24.2. The molecule has 1 aliphatic rings. The Balaban J connectivity index is 1.81. The second kappa shape index (κ2) is 10.9. The van der Waals surface area contributed by atoms with Crippen LogP contribution in [0.4, 0.5) is 10.5 Å². The standard InChI is InChI=1S/C22H16BrIN2O5S/c1-3-8-31-20-13(9-14(23)11-17(20)30-2)10-18-21(28)26(22(29)32-18)12-19(27)25-16-6-4-15(24)5-7-16/h1,4-7,9-11H,8,12H2,2H3,(H,25,27)/b18-10+. The van der Waals surface area contributed by atoms with Crippen molar-refractivity contribution in [2.75, 3.05) is 25.6 Å². The molecule has 1 saturated heterocycles. The van der Waals surface area contributed by atoms with Gasteiger partial charge in [0.2, 0.25) is 5.91 Å². The second-order valence-corrected chi connectivity index (χ2v) is 9.50. The van der Waals surface area contributed by atoms with Crippen LogP contribution in [0.5, 0.6) is 11.5 Å². The van der Waals surface area contributed by atoms with Gasteiger partial charge in [-0.25, -0.2) is 0 Å². The van der Waals surface area contributed by atoms with Gasteiger partial charge in [0.25, 0.3) is 11.1 Å². The van der Waals surface area contributed by atoms with Crippen molar-refractivity contribution in [1.82, 2.24) is 4.90 Å². The third-order valence-corrected chi connectivity index (χ3v) is 6.24. The zero-order chi connectivity index (χ0) is 23.3. The lowest BCUT2D eigenvalue weighted by atomic mass is 10.1. The van der Waals surface area contributed by atoms with Crippen LogP contribution in [0.2, 0.25) is 0 Å². The molecule has 10 heteroatoms. The maximum absolute atomic E-state index is 12.8. The van der Waals surface area contributed by atoms with E-state index in [4.69, 9.17) is 15.9 Å². The molecule has 0 radical (unpaired) electrons. The molecular formula is C22H16BrIN2O5S. The first-order chi connectivity index (χ1) is 15.3. The fraction of sp³-hybridized carbons (Fsp3) is 0.136. The number of carbonyl (C=O) groups is 3. The SMILES string of the molecule is C#CCOc1c(/C=C2/SC(=O)N(CC(=O)Nc3ccc(I)cc3)C2=O)cc(Br)cc1OC. The highest BCUT2D eigenvalue weighted by Gasteiger charge is 2.36. The summed E-state index contributed by atoms with van der Waals surface area (Å²) in [5, 5.41) is 2.14. The number of imide groups is 1. The molecule has 164 valence electrons. The lowest BCUT2D eigenvalue weighted by molar-refractivity contribution is -0.127. The van der Waals surface area contributed by atoms with Crippen molar-refractivity contribution in [2.24, 2.45) is 0 Å². The summed E-state index contributed by atoms with van der Waals surface area (Å²) in [5.74, 6) is 2.09. The summed E-state index contributed by atoms with van der Waals surface area (Å²) in [6.07, 6.45) is 6.81. The number of hydrogen-bond acceptors (Lipinski definition) is 6. The largest absolute Gasteiger partial charge is 0.493 e. The third-order valence-electron chi connectivity index (χ3n) is 4.16. The quantitative estimate of drug-likeness (QED) is 0.271. The molecule has 1 aliphatic heterocycles. The van der Waals surface area contributed by atoms with Crippen molar-refractivity contribution in [3.05, 3.63) is 54.9 Å². The molecule has 0 atom stereocenters. The summed E-state index contributed by atoms with van der Waals surface area (Å²) in [4.78, 5) is 38.7. The highest BCUT2D eigenvalue weighted by atomic mass is 127. The first-order valence-corrected chi connectivity index (χ1v) is 11.8. The number of carbonyl (C=O) groups excluding carboxylic acids is 3. The summed E-state index contributed by atoms with van der Waals surface area (Å²) in [6, 6.07) is 10.6. The average Bonchev–Trinajstić information content (AvgIpc) is 3.01. The van der Waals surface area contributed by atoms with Crippen LogP contribution in [0.3, 0.4) is 0 Å². The maximum atomic E-state index is 12.8. The van der Waals surface area contributed by atoms with E-state index < -0.39 is 23.6 Å². The van der Waals surface area contributed by atoms with Crippen LogP contribution >= 0.6 is 50.3 Å². The Morgan fingerprint density at radius 3 is 2.69 bits per heavy atom. The molecule has 0 aliphatic carbocycles. The summed E-state index contributed by atoms with van der Waals surface area (Å²) in [6.45, 7) is -0.394. The van der Waals surface area contributed by atoms with Gasteiger partial charge in [-0.3, -0.25) is 19.3 Å². The minimum Gasteiger partial charge on any atom is -0.493 e. The fourth-order valence-corrected chi connectivity index (χ4v) is 4.41. The van der Waals surface area contributed by atoms with Gasteiger partial charge in [-0.05, 0) is 76.8 Å². The summed E-state index contributed by atoms with van der Waals surface area (Å²) < 4.78 is 12.6. The lowest BCUT2D eigenvalue weighted by Crippen LogP contribution is -2.36. The van der Waals surface area contributed by atoms with Gasteiger partial charge in [-0.2, -0.15) is 0 Å². The van der Waals surface area contributed by atoms with E-state index in [9.17, 15) is 14.4 Å². The van der Waals surface area contributed by atoms with Crippen LogP contribution in [-0.4, -0.2) is 42.2 Å². The van der Waals surface area contributed by atoms with Crippen molar-refractivity contribution >= 4 is 79.1 Å². The molecule has 2 aromatic carbocycles. The highest BCUT2D eigenvalue weighted by molar-refractivity contribution is 14.1. The highest BCUT2D eigenvalue weighted by Crippen LogP contribution is 2.39. The van der Waals surface area contributed by atoms with E-state index in [1.54, 1.807) is 24.3 Å². The zero-order valence-corrected chi connectivity index (χ0v) is 21.2. The topological polar surface area (TPSA) is 84.9 Å². The van der Waals surface area contributed by atoms with Gasteiger partial charge in [0.1, 0.15) is 13.2 Å². The van der Waals surface area contributed by atoms with E-state index in [0.717, 1.165) is 20.2 Å². The Labute approximate surface area is 211 Å². The van der Waals surface area contributed by atoms with Gasteiger partial charge in [0, 0.05) is 19.3 Å². The van der Waals surface area contributed by atoms with Gasteiger partial charge >= 0.3 is 0 Å². The van der Waals surface area contributed by atoms with E-state index in [1.165, 1.54) is 13.2 Å². The number of nitrogens with one attached hydrogen (secondary N) is 1. The molecule has 1 heterocycles. The van der Waals surface area contributed by atoms with Crippen LogP contribution in [0.25, 0.3) is 6.08 Å². The maximum Gasteiger partial charge on any atom is 0.294 e. The Morgan fingerprint density at radius 1 is 1.31 bits per heavy atom. The summed E-state index contributed by atoms with van der Waals surface area (Å²) in [7, 11) is 1.48. The number of halogens is 2. The fourth-order valence-electron chi connectivity index (χ4n) is 2.77. The van der Waals surface area contributed by atoms with Crippen LogP contribution in [0, 0.1) is 15.9 Å². The normalized spacial score (nSPS) is 14.4. The molecular weight excluding hydrogens is 611 g/mol. The number of methoxy groups -OCH3 is 1. The van der Waals surface area contributed by atoms with E-state index in [1.807, 2.05) is 12.1 Å². The number of ether oxygens (including phenoxy) is 2. The van der Waals surface area contributed by atoms with Crippen LogP contribution < -0.4 is 14.8 Å². The van der Waals surface area contributed by atoms with Gasteiger partial charge in [-0.1, -0.05) is 21.9 Å². The number of nitrogens with zero attached hydrogens (tertiary/aromatic N) is 1. The van der Waals surface area contributed by atoms with Crippen molar-refractivity contribution < 1.29 is 23.9 Å². The van der Waals surface area contributed by atoms with Crippen molar-refractivity contribution in [2.45, 2.75) is 0 Å². The lowest BCUT2D eigenvalue weighted by Gasteiger charge is -2.13. The van der Waals surface area contributed by atoms with E-state index in [2.05, 4.69) is 49.8 Å². The molecule has 0 aromatic heterocycles. The van der Waals surface area contributed by atoms with Gasteiger partial charge < -0.3 is 14.8 Å². The van der Waals surface area contributed by atoms with E-state index in [-0.39, 0.29) is 11.5 Å². The van der Waals surface area contributed by atoms with E-state index >= 15 is 0 Å². The Hall–Kier alpha value is -2.49. The third kappa shape index (κ3) is 5.85. The molecule has 3 rings (SSSR count). The summed E-state index contributed by atoms with van der Waals surface area (Å²) >= 11 is 6.28. The van der Waals surface area contributed by atoms with E-state index in [0.29, 0.717) is 27.2 Å². The number of anilines is 1. The first-order valence-electron chi connectivity index (χ1n) is 9.07. The molecule has 2 aromatic rings. The molecule has 0 spiro atoms. The summed E-state index contributed by atoms with van der Waals surface area (Å²) in [5.41, 5.74) is 1.08. The minimum atomic E-state index is -0.570. The Morgan fingerprint density at radius 2 is 2.03 bits per heavy atom. The molecule has 32 heavy (non-hydrogen) atoms. The molecule has 1 N–H and O–H groups in total. The number of amides is 3. The number of benzene rings is 2. The average molecular weight is 627 g/mol. The van der Waals surface area contributed by atoms with Gasteiger partial charge in [0.15, 0.2) is 11.5 Å². The minimum absolute atomic E-state index is 0.000972. The van der Waals surface area contributed by atoms with Crippen LogP contribution in [0.15, 0.2) is 45.8 Å². The number of rotatable bonds is 7. The van der Waals surface area contributed by atoms with Gasteiger partial charge in [-0.15, -0.1) is 6.42 Å². The second-order valence-electron chi connectivity index (χ2n) is 6.34.